The Balaban J connectivity index is 1.85. The van der Waals surface area contributed by atoms with Crippen molar-refractivity contribution in [3.05, 3.63) is 48.0 Å². The van der Waals surface area contributed by atoms with Crippen LogP contribution in [-0.2, 0) is 35.2 Å². The molecular formula is C20H22O6. The van der Waals surface area contributed by atoms with Crippen molar-refractivity contribution in [2.45, 2.75) is 38.9 Å². The zero-order valence-electron chi connectivity index (χ0n) is 14.7. The minimum absolute atomic E-state index is 0.0325. The summed E-state index contributed by atoms with van der Waals surface area (Å²) in [4.78, 5) is 37.8. The standard InChI is InChI=1S/C20H22O6/c1-2-24-17(21)12-20(15-10-6-7-11-16(15)26-19(20)23)18(22)25-13-14-8-4-3-5-9-14/h3-5,7-9,11,15-16H,2,6,10,12-13H2,1H3/t15-,16+,20-/m0/s1. The third kappa shape index (κ3) is 3.36. The molecule has 0 spiro atoms. The molecule has 138 valence electrons. The molecule has 1 saturated heterocycles. The van der Waals surface area contributed by atoms with Crippen LogP contribution in [-0.4, -0.2) is 30.6 Å². The normalized spacial score (nSPS) is 26.7. The summed E-state index contributed by atoms with van der Waals surface area (Å²) in [7, 11) is 0. The molecule has 1 aromatic rings. The third-order valence-electron chi connectivity index (χ3n) is 4.91. The smallest absolute Gasteiger partial charge is 0.325 e. The molecule has 6 heteroatoms. The van der Waals surface area contributed by atoms with Gasteiger partial charge in [0.25, 0.3) is 0 Å². The highest BCUT2D eigenvalue weighted by atomic mass is 16.6. The largest absolute Gasteiger partial charge is 0.466 e. The fraction of sp³-hybridized carbons (Fsp3) is 0.450. The van der Waals surface area contributed by atoms with Gasteiger partial charge in [0.1, 0.15) is 12.7 Å². The van der Waals surface area contributed by atoms with Gasteiger partial charge in [-0.2, -0.15) is 0 Å². The summed E-state index contributed by atoms with van der Waals surface area (Å²) in [5, 5.41) is 0. The summed E-state index contributed by atoms with van der Waals surface area (Å²) in [5.41, 5.74) is -0.838. The summed E-state index contributed by atoms with van der Waals surface area (Å²) in [5.74, 6) is -2.45. The van der Waals surface area contributed by atoms with Crippen LogP contribution < -0.4 is 0 Å². The second kappa shape index (κ2) is 7.72. The van der Waals surface area contributed by atoms with Gasteiger partial charge in [-0.1, -0.05) is 36.4 Å². The van der Waals surface area contributed by atoms with Gasteiger partial charge in [0.2, 0.25) is 0 Å². The lowest BCUT2D eigenvalue weighted by molar-refractivity contribution is -0.173. The van der Waals surface area contributed by atoms with E-state index < -0.39 is 35.3 Å². The van der Waals surface area contributed by atoms with Crippen molar-refractivity contribution >= 4 is 17.9 Å². The van der Waals surface area contributed by atoms with Gasteiger partial charge in [-0.3, -0.25) is 14.4 Å². The molecule has 0 saturated carbocycles. The van der Waals surface area contributed by atoms with Gasteiger partial charge < -0.3 is 14.2 Å². The van der Waals surface area contributed by atoms with E-state index in [2.05, 4.69) is 0 Å². The molecule has 26 heavy (non-hydrogen) atoms. The van der Waals surface area contributed by atoms with Gasteiger partial charge in [-0.25, -0.2) is 0 Å². The van der Waals surface area contributed by atoms with Crippen molar-refractivity contribution < 1.29 is 28.6 Å². The summed E-state index contributed by atoms with van der Waals surface area (Å²) in [6.07, 6.45) is 4.13. The van der Waals surface area contributed by atoms with E-state index >= 15 is 0 Å². The number of hydrogen-bond acceptors (Lipinski definition) is 6. The average Bonchev–Trinajstić information content (AvgIpc) is 2.93. The van der Waals surface area contributed by atoms with Crippen LogP contribution in [0.2, 0.25) is 0 Å². The lowest BCUT2D eigenvalue weighted by Crippen LogP contribution is -2.46. The van der Waals surface area contributed by atoms with E-state index in [4.69, 9.17) is 14.2 Å². The van der Waals surface area contributed by atoms with Crippen LogP contribution in [0.5, 0.6) is 0 Å². The number of carbonyl (C=O) groups is 3. The molecule has 1 aromatic carbocycles. The highest BCUT2D eigenvalue weighted by molar-refractivity contribution is 6.05. The van der Waals surface area contributed by atoms with E-state index in [0.717, 1.165) is 5.56 Å². The Morgan fingerprint density at radius 1 is 1.23 bits per heavy atom. The number of ether oxygens (including phenoxy) is 3. The fourth-order valence-corrected chi connectivity index (χ4v) is 3.63. The number of allylic oxidation sites excluding steroid dienone is 1. The molecule has 1 heterocycles. The number of hydrogen-bond donors (Lipinski definition) is 0. The van der Waals surface area contributed by atoms with E-state index in [1.54, 1.807) is 13.0 Å². The van der Waals surface area contributed by atoms with Crippen molar-refractivity contribution in [2.24, 2.45) is 11.3 Å². The maximum absolute atomic E-state index is 13.0. The second-order valence-electron chi connectivity index (χ2n) is 6.50. The zero-order chi connectivity index (χ0) is 18.6. The van der Waals surface area contributed by atoms with Crippen LogP contribution in [0, 0.1) is 11.3 Å². The van der Waals surface area contributed by atoms with Crippen LogP contribution in [0.3, 0.4) is 0 Å². The number of rotatable bonds is 6. The van der Waals surface area contributed by atoms with Crippen molar-refractivity contribution in [2.75, 3.05) is 6.61 Å². The Labute approximate surface area is 152 Å². The molecule has 0 radical (unpaired) electrons. The maximum Gasteiger partial charge on any atom is 0.325 e. The molecule has 3 rings (SSSR count). The molecule has 1 aliphatic heterocycles. The van der Waals surface area contributed by atoms with E-state index in [-0.39, 0.29) is 19.6 Å². The average molecular weight is 358 g/mol. The molecule has 0 unspecified atom stereocenters. The first-order valence-electron chi connectivity index (χ1n) is 8.82. The predicted molar refractivity (Wildman–Crippen MR) is 91.7 cm³/mol. The van der Waals surface area contributed by atoms with E-state index in [1.165, 1.54) is 0 Å². The minimum atomic E-state index is -1.64. The van der Waals surface area contributed by atoms with Gasteiger partial charge in [-0.05, 0) is 31.4 Å². The Morgan fingerprint density at radius 2 is 2.00 bits per heavy atom. The Hall–Kier alpha value is -2.63. The van der Waals surface area contributed by atoms with Crippen LogP contribution in [0.25, 0.3) is 0 Å². The number of benzene rings is 1. The predicted octanol–water partition coefficient (Wildman–Crippen LogP) is 2.56. The SMILES string of the molecule is CCOC(=O)C[C@]1(C(=O)OCc2ccccc2)C(=O)O[C@@H]2C=CCC[C@@H]21. The van der Waals surface area contributed by atoms with Gasteiger partial charge >= 0.3 is 17.9 Å². The molecule has 0 bridgehead atoms. The molecule has 6 nitrogen and oxygen atoms in total. The Kier molecular flexibility index (Phi) is 5.40. The first-order chi connectivity index (χ1) is 12.6. The number of esters is 3. The van der Waals surface area contributed by atoms with E-state index in [9.17, 15) is 14.4 Å². The molecule has 0 amide bonds. The molecule has 1 fully saturated rings. The topological polar surface area (TPSA) is 78.9 Å². The lowest BCUT2D eigenvalue weighted by Gasteiger charge is -2.30. The van der Waals surface area contributed by atoms with E-state index in [0.29, 0.717) is 12.8 Å². The van der Waals surface area contributed by atoms with Crippen molar-refractivity contribution in [1.29, 1.82) is 0 Å². The first kappa shape index (κ1) is 18.2. The third-order valence-corrected chi connectivity index (χ3v) is 4.91. The molecule has 1 aliphatic carbocycles. The quantitative estimate of drug-likeness (QED) is 0.337. The molecule has 0 N–H and O–H groups in total. The summed E-state index contributed by atoms with van der Waals surface area (Å²) < 4.78 is 15.8. The van der Waals surface area contributed by atoms with Gasteiger partial charge in [0.15, 0.2) is 5.41 Å². The van der Waals surface area contributed by atoms with Crippen molar-refractivity contribution in [3.8, 4) is 0 Å². The molecule has 2 aliphatic rings. The fourth-order valence-electron chi connectivity index (χ4n) is 3.63. The molecule has 3 atom stereocenters. The minimum Gasteiger partial charge on any atom is -0.466 e. The second-order valence-corrected chi connectivity index (χ2v) is 6.50. The van der Waals surface area contributed by atoms with Crippen LogP contribution >= 0.6 is 0 Å². The van der Waals surface area contributed by atoms with Crippen molar-refractivity contribution in [3.63, 3.8) is 0 Å². The highest BCUT2D eigenvalue weighted by Gasteiger charge is 2.64. The monoisotopic (exact) mass is 358 g/mol. The number of carbonyl (C=O) groups excluding carboxylic acids is 3. The van der Waals surface area contributed by atoms with Crippen molar-refractivity contribution in [1.82, 2.24) is 0 Å². The zero-order valence-corrected chi connectivity index (χ0v) is 14.7. The highest BCUT2D eigenvalue weighted by Crippen LogP contribution is 2.48. The first-order valence-corrected chi connectivity index (χ1v) is 8.82. The van der Waals surface area contributed by atoms with Crippen LogP contribution in [0.15, 0.2) is 42.5 Å². The maximum atomic E-state index is 13.0. The molecular weight excluding hydrogens is 336 g/mol. The number of fused-ring (bicyclic) bond motifs is 1. The summed E-state index contributed by atoms with van der Waals surface area (Å²) in [6.45, 7) is 1.89. The van der Waals surface area contributed by atoms with E-state index in [1.807, 2.05) is 36.4 Å². The van der Waals surface area contributed by atoms with Gasteiger partial charge in [0, 0.05) is 5.92 Å². The van der Waals surface area contributed by atoms with Gasteiger partial charge in [-0.15, -0.1) is 0 Å². The summed E-state index contributed by atoms with van der Waals surface area (Å²) in [6, 6.07) is 9.18. The Morgan fingerprint density at radius 3 is 2.73 bits per heavy atom. The van der Waals surface area contributed by atoms with Crippen LogP contribution in [0.4, 0.5) is 0 Å². The summed E-state index contributed by atoms with van der Waals surface area (Å²) >= 11 is 0. The van der Waals surface area contributed by atoms with Gasteiger partial charge in [0.05, 0.1) is 13.0 Å². The Bertz CT molecular complexity index is 710. The van der Waals surface area contributed by atoms with Crippen LogP contribution in [0.1, 0.15) is 31.7 Å². The lowest BCUT2D eigenvalue weighted by atomic mass is 9.69. The molecule has 0 aromatic heterocycles.